The van der Waals surface area contributed by atoms with E-state index >= 15 is 0 Å². The topological polar surface area (TPSA) is 30.2 Å². The van der Waals surface area contributed by atoms with Gasteiger partial charge in [0.1, 0.15) is 0 Å². The van der Waals surface area contributed by atoms with Gasteiger partial charge < -0.3 is 9.38 Å². The van der Waals surface area contributed by atoms with Gasteiger partial charge in [-0.15, -0.1) is 54.1 Å². The van der Waals surface area contributed by atoms with Crippen LogP contribution in [0.15, 0.2) is 200 Å². The molecule has 0 N–H and O–H groups in total. The summed E-state index contributed by atoms with van der Waals surface area (Å²) in [5.41, 5.74) is 6.24. The molecule has 0 fully saturated rings. The molecule has 61 heavy (non-hydrogen) atoms. The van der Waals surface area contributed by atoms with E-state index in [2.05, 4.69) is 173 Å². The monoisotopic (exact) mass is 972 g/mol. The number of fused-ring (bicyclic) bond motifs is 13. The average Bonchev–Trinajstić information content (AvgIpc) is 3.91. The first-order chi connectivity index (χ1) is 29.8. The number of pyridine rings is 1. The van der Waals surface area contributed by atoms with E-state index in [-0.39, 0.29) is 20.1 Å². The predicted octanol–water partition coefficient (Wildman–Crippen LogP) is 15.2. The van der Waals surface area contributed by atoms with E-state index in [9.17, 15) is 0 Å². The Morgan fingerprint density at radius 2 is 1.13 bits per heavy atom. The Bertz CT molecular complexity index is 3800. The van der Waals surface area contributed by atoms with E-state index in [0.29, 0.717) is 0 Å². The van der Waals surface area contributed by atoms with Crippen LogP contribution in [0, 0.1) is 12.1 Å². The summed E-state index contributed by atoms with van der Waals surface area (Å²) >= 11 is 1.85. The molecule has 0 atom stereocenters. The number of rotatable bonds is 2. The van der Waals surface area contributed by atoms with Crippen molar-refractivity contribution in [2.45, 2.75) is 0 Å². The fourth-order valence-electron chi connectivity index (χ4n) is 9.03. The summed E-state index contributed by atoms with van der Waals surface area (Å²) in [6, 6.07) is 75.6. The summed E-state index contributed by atoms with van der Waals surface area (Å²) in [5, 5.41) is 14.9. The summed E-state index contributed by atoms with van der Waals surface area (Å²) in [4.78, 5) is 9.67. The zero-order valence-corrected chi connectivity index (χ0v) is 35.8. The first kappa shape index (κ1) is 37.0. The number of imidazole rings is 1. The third-order valence-corrected chi connectivity index (χ3v) is 12.9. The van der Waals surface area contributed by atoms with E-state index in [0.717, 1.165) is 39.2 Å². The Balaban J connectivity index is 0.000000280. The molecule has 0 amide bonds. The van der Waals surface area contributed by atoms with Crippen LogP contribution in [0.25, 0.3) is 113 Å². The van der Waals surface area contributed by atoms with Gasteiger partial charge in [0, 0.05) is 47.3 Å². The summed E-state index contributed by atoms with van der Waals surface area (Å²) in [6.07, 6.45) is 1.79. The van der Waals surface area contributed by atoms with Crippen molar-refractivity contribution in [2.75, 3.05) is 0 Å². The Kier molecular flexibility index (Phi) is 9.24. The minimum absolute atomic E-state index is 0. The molecule has 0 saturated carbocycles. The maximum atomic E-state index is 5.45. The molecular weight excluding hydrogens is 939 g/mol. The van der Waals surface area contributed by atoms with E-state index in [1.807, 2.05) is 53.8 Å². The Labute approximate surface area is 369 Å². The van der Waals surface area contributed by atoms with Gasteiger partial charge in [-0.05, 0) is 89.2 Å². The first-order valence-corrected chi connectivity index (χ1v) is 21.0. The van der Waals surface area contributed by atoms with Crippen molar-refractivity contribution in [3.63, 3.8) is 0 Å². The second-order valence-electron chi connectivity index (χ2n) is 15.1. The van der Waals surface area contributed by atoms with Gasteiger partial charge in [-0.3, -0.25) is 4.98 Å². The van der Waals surface area contributed by atoms with Crippen molar-refractivity contribution in [2.24, 2.45) is 0 Å². The molecule has 4 heterocycles. The van der Waals surface area contributed by atoms with Crippen molar-refractivity contribution in [1.29, 1.82) is 0 Å². The zero-order valence-electron chi connectivity index (χ0n) is 32.6. The SMILES string of the molecule is [Ir].[c-]1ccc2c(sc3cc4c(ccc5ccccc54)cc32)c1-c1nc2cccc3c4ccccc4c4ccccc4c4ccccc4n1c23.[c-]1ccccc1-c1ccccn1. The van der Waals surface area contributed by atoms with Crippen LogP contribution in [-0.4, -0.2) is 14.4 Å². The van der Waals surface area contributed by atoms with Crippen LogP contribution in [-0.2, 0) is 20.1 Å². The van der Waals surface area contributed by atoms with Crippen LogP contribution < -0.4 is 0 Å². The zero-order chi connectivity index (χ0) is 39.6. The molecule has 13 rings (SSSR count). The smallest absolute Gasteiger partial charge is 0.0780 e. The largest absolute Gasteiger partial charge is 0.332 e. The molecular formula is C56H33IrN3S-2. The number of aromatic nitrogens is 3. The number of benzene rings is 9. The Morgan fingerprint density at radius 3 is 1.90 bits per heavy atom. The van der Waals surface area contributed by atoms with Crippen molar-refractivity contribution in [1.82, 2.24) is 14.4 Å². The molecule has 0 aliphatic carbocycles. The maximum Gasteiger partial charge on any atom is 0.0780 e. The molecule has 0 aliphatic heterocycles. The van der Waals surface area contributed by atoms with Gasteiger partial charge in [-0.1, -0.05) is 138 Å². The minimum atomic E-state index is 0. The standard InChI is InChI=1S/C45H25N2S.C11H8N.Ir/c1-2-12-29-27(11-1)23-24-28-25-39-36-19-9-20-37(44(36)48-42(39)26-38(28)29)45-46-40-21-10-18-35-33-16-6-4-14-31(33)30-13-3-5-15-32(30)34-17-7-8-22-41(34)47(45)43(35)40;1-2-6-10(7-3-1)11-8-4-5-9-12-11;/h1-19,21-26H;1-6,8-9H;/q2*-1;. The number of hydrogen-bond donors (Lipinski definition) is 0. The molecule has 4 aromatic heterocycles. The second-order valence-corrected chi connectivity index (χ2v) is 16.1. The summed E-state index contributed by atoms with van der Waals surface area (Å²) in [6.45, 7) is 0. The predicted molar refractivity (Wildman–Crippen MR) is 255 cm³/mol. The van der Waals surface area contributed by atoms with Crippen molar-refractivity contribution >= 4 is 102 Å². The van der Waals surface area contributed by atoms with Crippen molar-refractivity contribution in [3.8, 4) is 22.6 Å². The summed E-state index contributed by atoms with van der Waals surface area (Å²) in [7, 11) is 0. The van der Waals surface area contributed by atoms with Crippen LogP contribution >= 0.6 is 11.3 Å². The molecule has 9 aromatic carbocycles. The molecule has 13 aromatic rings. The number of hydrogen-bond acceptors (Lipinski definition) is 3. The summed E-state index contributed by atoms with van der Waals surface area (Å²) in [5.74, 6) is 0.911. The summed E-state index contributed by atoms with van der Waals surface area (Å²) < 4.78 is 4.89. The fraction of sp³-hybridized carbons (Fsp3) is 0. The van der Waals surface area contributed by atoms with E-state index in [1.165, 1.54) is 74.0 Å². The van der Waals surface area contributed by atoms with Crippen LogP contribution in [0.4, 0.5) is 0 Å². The van der Waals surface area contributed by atoms with Crippen LogP contribution in [0.1, 0.15) is 0 Å². The van der Waals surface area contributed by atoms with E-state index in [1.54, 1.807) is 6.20 Å². The second kappa shape index (κ2) is 15.2. The van der Waals surface area contributed by atoms with Gasteiger partial charge in [-0.25, -0.2) is 0 Å². The molecule has 0 unspecified atom stereocenters. The third kappa shape index (κ3) is 6.12. The maximum absolute atomic E-state index is 5.45. The van der Waals surface area contributed by atoms with Crippen LogP contribution in [0.3, 0.4) is 0 Å². The molecule has 1 radical (unpaired) electrons. The Morgan fingerprint density at radius 1 is 0.459 bits per heavy atom. The minimum Gasteiger partial charge on any atom is -0.332 e. The van der Waals surface area contributed by atoms with Gasteiger partial charge in [0.2, 0.25) is 0 Å². The van der Waals surface area contributed by atoms with Gasteiger partial charge in [0.25, 0.3) is 0 Å². The van der Waals surface area contributed by atoms with Crippen molar-refractivity contribution in [3.05, 3.63) is 212 Å². The van der Waals surface area contributed by atoms with Gasteiger partial charge in [0.15, 0.2) is 0 Å². The van der Waals surface area contributed by atoms with Crippen LogP contribution in [0.5, 0.6) is 0 Å². The molecule has 0 aliphatic rings. The number of thiophene rings is 1. The number of nitrogens with zero attached hydrogens (tertiary/aromatic N) is 3. The molecule has 0 saturated heterocycles. The van der Waals surface area contributed by atoms with Crippen molar-refractivity contribution < 1.29 is 20.1 Å². The Hall–Kier alpha value is -7.01. The van der Waals surface area contributed by atoms with Gasteiger partial charge in [-0.2, -0.15) is 11.3 Å². The fourth-order valence-corrected chi connectivity index (χ4v) is 10.2. The van der Waals surface area contributed by atoms with Crippen LogP contribution in [0.2, 0.25) is 0 Å². The first-order valence-electron chi connectivity index (χ1n) is 20.2. The van der Waals surface area contributed by atoms with E-state index in [4.69, 9.17) is 4.98 Å². The molecule has 5 heteroatoms. The third-order valence-electron chi connectivity index (χ3n) is 11.7. The molecule has 0 bridgehead atoms. The molecule has 289 valence electrons. The quantitative estimate of drug-likeness (QED) is 0.128. The number of para-hydroxylation sites is 2. The van der Waals surface area contributed by atoms with Gasteiger partial charge in [0.05, 0.1) is 16.9 Å². The molecule has 0 spiro atoms. The normalized spacial score (nSPS) is 11.5. The molecule has 3 nitrogen and oxygen atoms in total. The van der Waals surface area contributed by atoms with E-state index < -0.39 is 0 Å². The van der Waals surface area contributed by atoms with Gasteiger partial charge >= 0.3 is 0 Å². The average molecular weight is 972 g/mol.